The molecule has 8 heteroatoms. The van der Waals surface area contributed by atoms with E-state index in [1.165, 1.54) is 5.56 Å². The van der Waals surface area contributed by atoms with Gasteiger partial charge in [-0.15, -0.1) is 10.2 Å². The summed E-state index contributed by atoms with van der Waals surface area (Å²) >= 11 is 0. The third-order valence-corrected chi connectivity index (χ3v) is 4.31. The highest BCUT2D eigenvalue weighted by Crippen LogP contribution is 2.17. The van der Waals surface area contributed by atoms with E-state index in [4.69, 9.17) is 9.47 Å². The van der Waals surface area contributed by atoms with Crippen LogP contribution in [0.5, 0.6) is 5.88 Å². The van der Waals surface area contributed by atoms with E-state index < -0.39 is 0 Å². The fourth-order valence-electron chi connectivity index (χ4n) is 2.79. The predicted octanol–water partition coefficient (Wildman–Crippen LogP) is 2.13. The molecule has 0 bridgehead atoms. The number of methoxy groups -OCH3 is 2. The lowest BCUT2D eigenvalue weighted by atomic mass is 10.1. The molecule has 8 nitrogen and oxygen atoms in total. The van der Waals surface area contributed by atoms with Crippen LogP contribution in [-0.4, -0.2) is 58.4 Å². The lowest BCUT2D eigenvalue weighted by molar-refractivity contribution is 0.0781. The van der Waals surface area contributed by atoms with Crippen molar-refractivity contribution >= 4 is 5.91 Å². The maximum absolute atomic E-state index is 13.0. The van der Waals surface area contributed by atoms with Crippen molar-refractivity contribution in [2.45, 2.75) is 13.0 Å². The van der Waals surface area contributed by atoms with Gasteiger partial charge < -0.3 is 14.4 Å². The number of likely N-dealkylation sites (N-methyl/N-ethyl adjacent to an activating group) is 1. The minimum absolute atomic E-state index is 0.217. The van der Waals surface area contributed by atoms with Crippen LogP contribution in [0.25, 0.3) is 5.69 Å². The van der Waals surface area contributed by atoms with Crippen molar-refractivity contribution < 1.29 is 14.3 Å². The monoisotopic (exact) mass is 381 g/mol. The van der Waals surface area contributed by atoms with Gasteiger partial charge in [0.05, 0.1) is 19.0 Å². The normalized spacial score (nSPS) is 10.7. The van der Waals surface area contributed by atoms with Gasteiger partial charge in [0.25, 0.3) is 5.91 Å². The smallest absolute Gasteiger partial charge is 0.291 e. The minimum Gasteiger partial charge on any atom is -0.481 e. The second-order valence-corrected chi connectivity index (χ2v) is 6.23. The van der Waals surface area contributed by atoms with Crippen molar-refractivity contribution in [2.75, 3.05) is 27.8 Å². The molecule has 146 valence electrons. The Hall–Kier alpha value is -3.26. The Bertz CT molecular complexity index is 909. The number of ether oxygens (including phenoxy) is 2. The average Bonchev–Trinajstić information content (AvgIpc) is 3.16. The highest BCUT2D eigenvalue weighted by Gasteiger charge is 2.23. The molecule has 0 aliphatic heterocycles. The van der Waals surface area contributed by atoms with E-state index in [-0.39, 0.29) is 18.3 Å². The number of benzene rings is 1. The first kappa shape index (κ1) is 19.5. The molecular formula is C20H23N5O3. The number of amides is 1. The summed E-state index contributed by atoms with van der Waals surface area (Å²) in [6.07, 6.45) is 2.37. The molecule has 0 atom stereocenters. The molecule has 0 aliphatic rings. The largest absolute Gasteiger partial charge is 0.481 e. The fraction of sp³-hybridized carbons (Fsp3) is 0.300. The number of nitrogens with zero attached hydrogens (tertiary/aromatic N) is 5. The summed E-state index contributed by atoms with van der Waals surface area (Å²) in [4.78, 5) is 18.9. The molecule has 0 saturated heterocycles. The second-order valence-electron chi connectivity index (χ2n) is 6.23. The van der Waals surface area contributed by atoms with Crippen LogP contribution in [0.15, 0.2) is 48.7 Å². The molecule has 0 radical (unpaired) electrons. The maximum Gasteiger partial charge on any atom is 0.291 e. The standard InChI is InChI=1S/C20H23N5O3/c1-24(12-11-15-7-5-4-6-8-15)20(26)19-23-22-17(14-27-2)25(19)16-9-10-18(28-3)21-13-16/h4-10,13H,11-12,14H2,1-3H3. The zero-order valence-electron chi connectivity index (χ0n) is 16.2. The maximum atomic E-state index is 13.0. The molecule has 0 saturated carbocycles. The first-order valence-electron chi connectivity index (χ1n) is 8.87. The Balaban J connectivity index is 1.84. The van der Waals surface area contributed by atoms with Gasteiger partial charge in [0.1, 0.15) is 6.61 Å². The highest BCUT2D eigenvalue weighted by atomic mass is 16.5. The van der Waals surface area contributed by atoms with E-state index >= 15 is 0 Å². The molecule has 3 rings (SSSR count). The molecule has 1 amide bonds. The molecule has 0 unspecified atom stereocenters. The zero-order chi connectivity index (χ0) is 19.9. The van der Waals surface area contributed by atoms with E-state index in [0.29, 0.717) is 23.9 Å². The first-order chi connectivity index (χ1) is 13.6. The van der Waals surface area contributed by atoms with E-state index in [2.05, 4.69) is 15.2 Å². The summed E-state index contributed by atoms with van der Waals surface area (Å²) in [6.45, 7) is 0.788. The van der Waals surface area contributed by atoms with Gasteiger partial charge in [-0.2, -0.15) is 0 Å². The topological polar surface area (TPSA) is 82.4 Å². The predicted molar refractivity (Wildman–Crippen MR) is 104 cm³/mol. The van der Waals surface area contributed by atoms with Crippen molar-refractivity contribution in [3.63, 3.8) is 0 Å². The SMILES string of the molecule is COCc1nnc(C(=O)N(C)CCc2ccccc2)n1-c1ccc(OC)nc1. The fourth-order valence-corrected chi connectivity index (χ4v) is 2.79. The molecule has 1 aromatic carbocycles. The van der Waals surface area contributed by atoms with E-state index in [9.17, 15) is 4.79 Å². The van der Waals surface area contributed by atoms with Gasteiger partial charge in [0.15, 0.2) is 5.82 Å². The van der Waals surface area contributed by atoms with Gasteiger partial charge in [-0.1, -0.05) is 30.3 Å². The molecule has 0 N–H and O–H groups in total. The number of carbonyl (C=O) groups is 1. The van der Waals surface area contributed by atoms with Crippen LogP contribution in [0.4, 0.5) is 0 Å². The summed E-state index contributed by atoms with van der Waals surface area (Å²) in [5, 5.41) is 8.24. The molecule has 3 aromatic rings. The summed E-state index contributed by atoms with van der Waals surface area (Å²) in [5.41, 5.74) is 1.83. The molecule has 0 aliphatic carbocycles. The van der Waals surface area contributed by atoms with E-state index in [1.807, 2.05) is 30.3 Å². The third-order valence-electron chi connectivity index (χ3n) is 4.31. The Labute approximate surface area is 163 Å². The summed E-state index contributed by atoms with van der Waals surface area (Å²) in [5.74, 6) is 1.00. The van der Waals surface area contributed by atoms with Crippen LogP contribution in [-0.2, 0) is 17.8 Å². The molecular weight excluding hydrogens is 358 g/mol. The van der Waals surface area contributed by atoms with Crippen molar-refractivity contribution in [3.8, 4) is 11.6 Å². The summed E-state index contributed by atoms with van der Waals surface area (Å²) in [7, 11) is 4.87. The number of hydrogen-bond donors (Lipinski definition) is 0. The van der Waals surface area contributed by atoms with Crippen molar-refractivity contribution in [1.29, 1.82) is 0 Å². The number of rotatable bonds is 8. The number of carbonyl (C=O) groups excluding carboxylic acids is 1. The number of hydrogen-bond acceptors (Lipinski definition) is 6. The quantitative estimate of drug-likeness (QED) is 0.595. The van der Waals surface area contributed by atoms with Crippen LogP contribution >= 0.6 is 0 Å². The minimum atomic E-state index is -0.221. The Kier molecular flexibility index (Phi) is 6.33. The molecule has 2 aromatic heterocycles. The average molecular weight is 381 g/mol. The van der Waals surface area contributed by atoms with E-state index in [0.717, 1.165) is 6.42 Å². The van der Waals surface area contributed by atoms with Crippen LogP contribution in [0.1, 0.15) is 22.0 Å². The Morgan fingerprint density at radius 1 is 1.11 bits per heavy atom. The molecule has 0 spiro atoms. The molecule has 2 heterocycles. The summed E-state index contributed by atoms with van der Waals surface area (Å²) in [6, 6.07) is 13.6. The van der Waals surface area contributed by atoms with Crippen LogP contribution in [0, 0.1) is 0 Å². The highest BCUT2D eigenvalue weighted by molar-refractivity contribution is 5.91. The Morgan fingerprint density at radius 3 is 2.54 bits per heavy atom. The van der Waals surface area contributed by atoms with Gasteiger partial charge in [-0.05, 0) is 18.1 Å². The number of pyridine rings is 1. The molecule has 28 heavy (non-hydrogen) atoms. The lowest BCUT2D eigenvalue weighted by Crippen LogP contribution is -2.31. The van der Waals surface area contributed by atoms with Crippen molar-refractivity contribution in [2.24, 2.45) is 0 Å². The Morgan fingerprint density at radius 2 is 1.89 bits per heavy atom. The van der Waals surface area contributed by atoms with Crippen LogP contribution in [0.3, 0.4) is 0 Å². The van der Waals surface area contributed by atoms with Crippen molar-refractivity contribution in [1.82, 2.24) is 24.6 Å². The van der Waals surface area contributed by atoms with Gasteiger partial charge in [-0.3, -0.25) is 9.36 Å². The van der Waals surface area contributed by atoms with Gasteiger partial charge in [0.2, 0.25) is 11.7 Å². The van der Waals surface area contributed by atoms with Gasteiger partial charge in [-0.25, -0.2) is 4.98 Å². The zero-order valence-corrected chi connectivity index (χ0v) is 16.2. The van der Waals surface area contributed by atoms with Gasteiger partial charge >= 0.3 is 0 Å². The van der Waals surface area contributed by atoms with Crippen LogP contribution < -0.4 is 4.74 Å². The van der Waals surface area contributed by atoms with Crippen LogP contribution in [0.2, 0.25) is 0 Å². The number of aromatic nitrogens is 4. The summed E-state index contributed by atoms with van der Waals surface area (Å²) < 4.78 is 12.0. The van der Waals surface area contributed by atoms with Crippen molar-refractivity contribution in [3.05, 3.63) is 65.9 Å². The van der Waals surface area contributed by atoms with E-state index in [1.54, 1.807) is 49.1 Å². The molecule has 0 fully saturated rings. The van der Waals surface area contributed by atoms with Gasteiger partial charge in [0, 0.05) is 26.8 Å². The lowest BCUT2D eigenvalue weighted by Gasteiger charge is -2.17. The first-order valence-corrected chi connectivity index (χ1v) is 8.87. The third kappa shape index (κ3) is 4.34. The second kappa shape index (κ2) is 9.09.